The standard InChI is InChI=1S/2C29H25.C2H7Si.Hf/c2*1-3-20(2)23-18-22-12-9-17-28(29(22)19-23)27-15-7-6-14-26(27)25-16-8-11-21-10-4-5-13-24(21)25;1-3-2;/h2*4-20H,3H2,1-2H3;3H,1-2H3;. The van der Waals surface area contributed by atoms with Gasteiger partial charge in [0.05, 0.1) is 0 Å². The Labute approximate surface area is 378 Å². The maximum atomic E-state index is 2.74. The SMILES string of the molecule is CCC(C)C1=Cc2c(-c3ccccc3-c3cccc4ccccc34)cccc2[CH]1[Hf]([CH]1C(C(C)CC)=Cc2c(-c3ccccc3-c3cccc4ccccc34)cccc21)[SiH](C)C. The Kier molecular flexibility index (Phi) is 11.3. The molecule has 10 rings (SSSR count). The van der Waals surface area contributed by atoms with Gasteiger partial charge in [-0.2, -0.15) is 0 Å². The zero-order valence-corrected chi connectivity index (χ0v) is 41.9. The Hall–Kier alpha value is -5.15. The molecule has 0 fully saturated rings. The summed E-state index contributed by atoms with van der Waals surface area (Å²) in [5.74, 6) is -0.0348. The van der Waals surface area contributed by atoms with E-state index in [0.717, 1.165) is 0 Å². The molecule has 0 bridgehead atoms. The predicted molar refractivity (Wildman–Crippen MR) is 269 cm³/mol. The molecule has 2 aliphatic rings. The van der Waals surface area contributed by atoms with E-state index in [4.69, 9.17) is 0 Å². The number of hydrogen-bond donors (Lipinski definition) is 0. The van der Waals surface area contributed by atoms with Gasteiger partial charge in [-0.25, -0.2) is 0 Å². The van der Waals surface area contributed by atoms with E-state index in [0.29, 0.717) is 19.2 Å². The van der Waals surface area contributed by atoms with Crippen LogP contribution in [0.2, 0.25) is 13.1 Å². The Morgan fingerprint density at radius 1 is 0.403 bits per heavy atom. The fourth-order valence-electron chi connectivity index (χ4n) is 11.0. The van der Waals surface area contributed by atoms with Crippen molar-refractivity contribution in [1.82, 2.24) is 0 Å². The number of rotatable bonds is 11. The van der Waals surface area contributed by atoms with Crippen LogP contribution in [0.3, 0.4) is 0 Å². The zero-order valence-electron chi connectivity index (χ0n) is 37.1. The fourth-order valence-corrected chi connectivity index (χ4v) is 43.8. The molecule has 4 atom stereocenters. The second-order valence-corrected chi connectivity index (χ2v) is 46.1. The van der Waals surface area contributed by atoms with Crippen molar-refractivity contribution in [1.29, 1.82) is 0 Å². The molecule has 0 aliphatic heterocycles. The van der Waals surface area contributed by atoms with Crippen LogP contribution in [0, 0.1) is 11.8 Å². The molecule has 0 heterocycles. The third kappa shape index (κ3) is 6.99. The third-order valence-electron chi connectivity index (χ3n) is 14.5. The molecule has 62 heavy (non-hydrogen) atoms. The Morgan fingerprint density at radius 2 is 0.726 bits per heavy atom. The monoisotopic (exact) mass is 985 g/mol. The van der Waals surface area contributed by atoms with Gasteiger partial charge in [-0.05, 0) is 0 Å². The van der Waals surface area contributed by atoms with Gasteiger partial charge in [0, 0.05) is 0 Å². The van der Waals surface area contributed by atoms with Crippen molar-refractivity contribution in [3.05, 3.63) is 203 Å². The van der Waals surface area contributed by atoms with Crippen LogP contribution in [0.25, 0.3) is 78.2 Å². The summed E-state index contributed by atoms with van der Waals surface area (Å²) in [6.07, 6.45) is 7.76. The molecule has 305 valence electrons. The quantitative estimate of drug-likeness (QED) is 0.113. The summed E-state index contributed by atoms with van der Waals surface area (Å²) in [4.78, 5) is 0. The first-order chi connectivity index (χ1) is 30.4. The van der Waals surface area contributed by atoms with Crippen LogP contribution in [0.15, 0.2) is 181 Å². The Morgan fingerprint density at radius 3 is 1.13 bits per heavy atom. The van der Waals surface area contributed by atoms with Gasteiger partial charge in [0.15, 0.2) is 0 Å². The van der Waals surface area contributed by atoms with Crippen molar-refractivity contribution in [3.8, 4) is 44.5 Å². The van der Waals surface area contributed by atoms with Crippen LogP contribution in [-0.4, -0.2) is 5.98 Å². The minimum atomic E-state index is -2.70. The summed E-state index contributed by atoms with van der Waals surface area (Å²) >= 11 is -2.70. The summed E-state index contributed by atoms with van der Waals surface area (Å²) in [5, 5.41) is 5.21. The molecule has 8 aromatic rings. The minimum absolute atomic E-state index is 0.539. The van der Waals surface area contributed by atoms with Gasteiger partial charge in [0.1, 0.15) is 0 Å². The summed E-state index contributed by atoms with van der Waals surface area (Å²) in [5.41, 5.74) is 20.4. The zero-order chi connectivity index (χ0) is 42.5. The second kappa shape index (κ2) is 17.2. The maximum absolute atomic E-state index is 2.74. The van der Waals surface area contributed by atoms with Crippen LogP contribution in [0.5, 0.6) is 0 Å². The molecule has 0 amide bonds. The van der Waals surface area contributed by atoms with Crippen LogP contribution >= 0.6 is 0 Å². The van der Waals surface area contributed by atoms with Gasteiger partial charge >= 0.3 is 381 Å². The van der Waals surface area contributed by atoms with Gasteiger partial charge in [-0.15, -0.1) is 0 Å². The molecule has 2 aliphatic carbocycles. The van der Waals surface area contributed by atoms with Gasteiger partial charge in [-0.1, -0.05) is 0 Å². The fraction of sp³-hybridized carbons (Fsp3) is 0.200. The third-order valence-corrected chi connectivity index (χ3v) is 45.1. The van der Waals surface area contributed by atoms with E-state index in [9.17, 15) is 0 Å². The summed E-state index contributed by atoms with van der Waals surface area (Å²) in [7, 11) is 0. The number of hydrogen-bond acceptors (Lipinski definition) is 0. The van der Waals surface area contributed by atoms with E-state index in [1.807, 2.05) is 0 Å². The predicted octanol–water partition coefficient (Wildman–Crippen LogP) is 16.9. The average Bonchev–Trinajstić information content (AvgIpc) is 3.90. The van der Waals surface area contributed by atoms with Crippen molar-refractivity contribution >= 4 is 39.7 Å². The van der Waals surface area contributed by atoms with E-state index in [2.05, 4.69) is 223 Å². The topological polar surface area (TPSA) is 0 Å². The van der Waals surface area contributed by atoms with Gasteiger partial charge in [0.2, 0.25) is 0 Å². The molecule has 0 aromatic heterocycles. The van der Waals surface area contributed by atoms with Crippen LogP contribution in [-0.2, 0) is 20.6 Å². The normalized spacial score (nSPS) is 16.6. The molecule has 8 aromatic carbocycles. The summed E-state index contributed by atoms with van der Waals surface area (Å²) < 4.78 is 1.16. The van der Waals surface area contributed by atoms with Crippen molar-refractivity contribution in [2.75, 3.05) is 0 Å². The first kappa shape index (κ1) is 40.9. The number of benzene rings is 8. The van der Waals surface area contributed by atoms with Crippen molar-refractivity contribution in [3.63, 3.8) is 0 Å². The molecule has 0 N–H and O–H groups in total. The van der Waals surface area contributed by atoms with Gasteiger partial charge in [0.25, 0.3) is 0 Å². The van der Waals surface area contributed by atoms with E-state index >= 15 is 0 Å². The first-order valence-electron chi connectivity index (χ1n) is 23.1. The molecule has 4 unspecified atom stereocenters. The summed E-state index contributed by atoms with van der Waals surface area (Å²) in [6, 6.07) is 64.4. The van der Waals surface area contributed by atoms with Crippen LogP contribution in [0.1, 0.15) is 70.1 Å². The molecule has 0 nitrogen and oxygen atoms in total. The molecule has 2 heteroatoms. The van der Waals surface area contributed by atoms with E-state index in [1.165, 1.54) is 90.0 Å². The molecule has 0 radical (unpaired) electrons. The van der Waals surface area contributed by atoms with Crippen molar-refractivity contribution in [2.45, 2.75) is 61.0 Å². The van der Waals surface area contributed by atoms with Gasteiger partial charge in [-0.3, -0.25) is 0 Å². The summed E-state index contributed by atoms with van der Waals surface area (Å²) in [6.45, 7) is 15.3. The van der Waals surface area contributed by atoms with Gasteiger partial charge < -0.3 is 0 Å². The molecule has 0 spiro atoms. The van der Waals surface area contributed by atoms with E-state index < -0.39 is 26.6 Å². The van der Waals surface area contributed by atoms with Crippen LogP contribution in [0.4, 0.5) is 0 Å². The second-order valence-electron chi connectivity index (χ2n) is 18.2. The molecule has 0 saturated heterocycles. The van der Waals surface area contributed by atoms with E-state index in [-0.39, 0.29) is 0 Å². The van der Waals surface area contributed by atoms with E-state index in [1.54, 1.807) is 22.3 Å². The molecule has 0 saturated carbocycles. The first-order valence-corrected chi connectivity index (χ1v) is 36.3. The van der Waals surface area contributed by atoms with Crippen LogP contribution < -0.4 is 0 Å². The number of allylic oxidation sites excluding steroid dienone is 2. The molecular formula is C60H57HfSi. The average molecular weight is 985 g/mol. The Bertz CT molecular complexity index is 2830. The van der Waals surface area contributed by atoms with Crippen molar-refractivity contribution in [2.24, 2.45) is 11.8 Å². The number of fused-ring (bicyclic) bond motifs is 4. The Balaban J connectivity index is 1.14. The van der Waals surface area contributed by atoms with Crippen molar-refractivity contribution < 1.29 is 20.6 Å². The molecular weight excluding hydrogens is 927 g/mol.